The van der Waals surface area contributed by atoms with Crippen LogP contribution in [0.3, 0.4) is 0 Å². The van der Waals surface area contributed by atoms with Crippen LogP contribution in [0.15, 0.2) is 0 Å². The Morgan fingerprint density at radius 3 is 2.20 bits per heavy atom. The van der Waals surface area contributed by atoms with Gasteiger partial charge < -0.3 is 4.90 Å². The molecule has 6 heteroatoms. The van der Waals surface area contributed by atoms with Gasteiger partial charge in [-0.05, 0) is 34.0 Å². The lowest BCUT2D eigenvalue weighted by Crippen LogP contribution is -2.35. The maximum absolute atomic E-state index is 11.6. The first-order chi connectivity index (χ1) is 6.82. The van der Waals surface area contributed by atoms with Gasteiger partial charge in [0.25, 0.3) is 0 Å². The van der Waals surface area contributed by atoms with Gasteiger partial charge in [-0.15, -0.1) is 0 Å². The highest BCUT2D eigenvalue weighted by Gasteiger charge is 2.24. The summed E-state index contributed by atoms with van der Waals surface area (Å²) < 4.78 is 24.5. The van der Waals surface area contributed by atoms with Crippen LogP contribution in [0.1, 0.15) is 13.3 Å². The largest absolute Gasteiger partial charge is 0.309 e. The number of nitriles is 1. The first-order valence-corrected chi connectivity index (χ1v) is 6.32. The Balaban J connectivity index is 4.22. The van der Waals surface area contributed by atoms with Gasteiger partial charge in [0.15, 0.2) is 5.25 Å². The molecule has 0 amide bonds. The van der Waals surface area contributed by atoms with E-state index in [0.717, 1.165) is 13.0 Å². The van der Waals surface area contributed by atoms with Crippen LogP contribution in [0, 0.1) is 11.3 Å². The van der Waals surface area contributed by atoms with Gasteiger partial charge in [-0.25, -0.2) is 12.7 Å². The van der Waals surface area contributed by atoms with Gasteiger partial charge in [0.2, 0.25) is 10.0 Å². The van der Waals surface area contributed by atoms with E-state index in [1.54, 1.807) is 6.07 Å². The SMILES string of the molecule is CC(C#N)S(=O)(=O)N(C)CCCN(C)C. The van der Waals surface area contributed by atoms with Gasteiger partial charge in [-0.2, -0.15) is 5.26 Å². The summed E-state index contributed by atoms with van der Waals surface area (Å²) in [6.07, 6.45) is 0.765. The van der Waals surface area contributed by atoms with E-state index in [9.17, 15) is 8.42 Å². The summed E-state index contributed by atoms with van der Waals surface area (Å²) >= 11 is 0. The average Bonchev–Trinajstić information content (AvgIpc) is 2.15. The summed E-state index contributed by atoms with van der Waals surface area (Å²) in [4.78, 5) is 1.99. The summed E-state index contributed by atoms with van der Waals surface area (Å²) in [7, 11) is 1.95. The Morgan fingerprint density at radius 2 is 1.80 bits per heavy atom. The van der Waals surface area contributed by atoms with Crippen LogP contribution in [0.4, 0.5) is 0 Å². The highest BCUT2D eigenvalue weighted by molar-refractivity contribution is 7.89. The fourth-order valence-corrected chi connectivity index (χ4v) is 2.13. The van der Waals surface area contributed by atoms with Gasteiger partial charge in [0, 0.05) is 13.6 Å². The van der Waals surface area contributed by atoms with Crippen LogP contribution in [-0.4, -0.2) is 57.1 Å². The van der Waals surface area contributed by atoms with Gasteiger partial charge in [0.1, 0.15) is 0 Å². The van der Waals surface area contributed by atoms with Gasteiger partial charge in [0.05, 0.1) is 6.07 Å². The molecule has 1 atom stereocenters. The summed E-state index contributed by atoms with van der Waals surface area (Å²) in [5, 5.41) is 7.60. The lowest BCUT2D eigenvalue weighted by atomic mass is 10.4. The molecule has 0 fully saturated rings. The monoisotopic (exact) mass is 233 g/mol. The third-order valence-electron chi connectivity index (χ3n) is 2.14. The summed E-state index contributed by atoms with van der Waals surface area (Å²) in [5.41, 5.74) is 0. The molecule has 0 rings (SSSR count). The van der Waals surface area contributed by atoms with Crippen molar-refractivity contribution in [2.24, 2.45) is 0 Å². The van der Waals surface area contributed by atoms with Crippen molar-refractivity contribution in [3.05, 3.63) is 0 Å². The van der Waals surface area contributed by atoms with Crippen molar-refractivity contribution in [2.45, 2.75) is 18.6 Å². The highest BCUT2D eigenvalue weighted by Crippen LogP contribution is 2.06. The van der Waals surface area contributed by atoms with Crippen LogP contribution < -0.4 is 0 Å². The first-order valence-electron chi connectivity index (χ1n) is 4.82. The van der Waals surface area contributed by atoms with E-state index in [0.29, 0.717) is 6.54 Å². The molecule has 0 aliphatic heterocycles. The maximum Gasteiger partial charge on any atom is 0.229 e. The quantitative estimate of drug-likeness (QED) is 0.653. The Hall–Kier alpha value is -0.640. The Bertz CT molecular complexity index is 319. The van der Waals surface area contributed by atoms with E-state index in [1.807, 2.05) is 19.0 Å². The predicted molar refractivity (Wildman–Crippen MR) is 59.8 cm³/mol. The number of nitrogens with zero attached hydrogens (tertiary/aromatic N) is 3. The van der Waals surface area contributed by atoms with E-state index in [2.05, 4.69) is 0 Å². The molecule has 0 bridgehead atoms. The average molecular weight is 233 g/mol. The molecular weight excluding hydrogens is 214 g/mol. The zero-order valence-corrected chi connectivity index (χ0v) is 10.6. The van der Waals surface area contributed by atoms with E-state index in [-0.39, 0.29) is 0 Å². The number of rotatable bonds is 6. The molecule has 1 unspecified atom stereocenters. The Labute approximate surface area is 92.3 Å². The molecule has 0 radical (unpaired) electrons. The molecule has 0 aromatic carbocycles. The van der Waals surface area contributed by atoms with Crippen molar-refractivity contribution < 1.29 is 8.42 Å². The van der Waals surface area contributed by atoms with E-state index in [1.165, 1.54) is 18.3 Å². The molecule has 15 heavy (non-hydrogen) atoms. The predicted octanol–water partition coefficient (Wildman–Crippen LogP) is 0.112. The molecule has 0 heterocycles. The topological polar surface area (TPSA) is 64.4 Å². The molecule has 5 nitrogen and oxygen atoms in total. The minimum Gasteiger partial charge on any atom is -0.309 e. The van der Waals surface area contributed by atoms with Crippen molar-refractivity contribution in [1.29, 1.82) is 5.26 Å². The van der Waals surface area contributed by atoms with Gasteiger partial charge in [-0.3, -0.25) is 0 Å². The molecular formula is C9H19N3O2S. The lowest BCUT2D eigenvalue weighted by molar-refractivity contribution is 0.369. The Kier molecular flexibility index (Phi) is 5.80. The second-order valence-electron chi connectivity index (χ2n) is 3.79. The highest BCUT2D eigenvalue weighted by atomic mass is 32.2. The normalized spacial score (nSPS) is 14.2. The van der Waals surface area contributed by atoms with Crippen LogP contribution in [0.25, 0.3) is 0 Å². The lowest BCUT2D eigenvalue weighted by Gasteiger charge is -2.19. The van der Waals surface area contributed by atoms with Crippen molar-refractivity contribution in [1.82, 2.24) is 9.21 Å². The van der Waals surface area contributed by atoms with E-state index in [4.69, 9.17) is 5.26 Å². The smallest absolute Gasteiger partial charge is 0.229 e. The van der Waals surface area contributed by atoms with Crippen LogP contribution in [0.5, 0.6) is 0 Å². The van der Waals surface area contributed by atoms with E-state index < -0.39 is 15.3 Å². The first kappa shape index (κ1) is 14.4. The molecule has 0 spiro atoms. The van der Waals surface area contributed by atoms with Crippen LogP contribution in [0.2, 0.25) is 0 Å². The van der Waals surface area contributed by atoms with Crippen LogP contribution >= 0.6 is 0 Å². The summed E-state index contributed by atoms with van der Waals surface area (Å²) in [6, 6.07) is 1.75. The minimum atomic E-state index is -3.43. The molecule has 0 aliphatic rings. The number of hydrogen-bond donors (Lipinski definition) is 0. The third-order valence-corrected chi connectivity index (χ3v) is 4.19. The Morgan fingerprint density at radius 1 is 1.27 bits per heavy atom. The summed E-state index contributed by atoms with van der Waals surface area (Å²) in [6.45, 7) is 2.69. The third kappa shape index (κ3) is 4.60. The second kappa shape index (κ2) is 6.05. The van der Waals surface area contributed by atoms with Crippen molar-refractivity contribution in [3.8, 4) is 6.07 Å². The van der Waals surface area contributed by atoms with E-state index >= 15 is 0 Å². The molecule has 88 valence electrons. The van der Waals surface area contributed by atoms with Gasteiger partial charge in [-0.1, -0.05) is 0 Å². The molecule has 0 aromatic heterocycles. The zero-order valence-electron chi connectivity index (χ0n) is 9.77. The van der Waals surface area contributed by atoms with Gasteiger partial charge >= 0.3 is 0 Å². The minimum absolute atomic E-state index is 0.451. The van der Waals surface area contributed by atoms with Crippen molar-refractivity contribution >= 4 is 10.0 Å². The molecule has 0 saturated heterocycles. The number of hydrogen-bond acceptors (Lipinski definition) is 4. The molecule has 0 N–H and O–H groups in total. The molecule has 0 aromatic rings. The zero-order chi connectivity index (χ0) is 12.1. The van der Waals surface area contributed by atoms with Crippen molar-refractivity contribution in [3.63, 3.8) is 0 Å². The number of sulfonamides is 1. The fraction of sp³-hybridized carbons (Fsp3) is 0.889. The second-order valence-corrected chi connectivity index (χ2v) is 6.16. The molecule has 0 aliphatic carbocycles. The van der Waals surface area contributed by atoms with Crippen LogP contribution in [-0.2, 0) is 10.0 Å². The summed E-state index contributed by atoms with van der Waals surface area (Å²) in [5.74, 6) is 0. The van der Waals surface area contributed by atoms with Crippen molar-refractivity contribution in [2.75, 3.05) is 34.2 Å². The standard InChI is InChI=1S/C9H19N3O2S/c1-9(8-10)15(13,14)12(4)7-5-6-11(2)3/h9H,5-7H2,1-4H3. The fourth-order valence-electron chi connectivity index (χ4n) is 1.07. The maximum atomic E-state index is 11.6. The molecule has 0 saturated carbocycles.